The first-order valence-corrected chi connectivity index (χ1v) is 6.91. The lowest BCUT2D eigenvalue weighted by Crippen LogP contribution is -2.14. The summed E-state index contributed by atoms with van der Waals surface area (Å²) < 4.78 is 5.53. The van der Waals surface area contributed by atoms with E-state index in [1.807, 2.05) is 13.1 Å². The Bertz CT molecular complexity index is 380. The second-order valence-corrected chi connectivity index (χ2v) is 5.30. The van der Waals surface area contributed by atoms with Crippen LogP contribution < -0.4 is 10.6 Å². The molecule has 0 radical (unpaired) electrons. The zero-order valence-electron chi connectivity index (χ0n) is 12.7. The monoisotopic (exact) mass is 266 g/mol. The van der Waals surface area contributed by atoms with Gasteiger partial charge in [-0.3, -0.25) is 0 Å². The molecular weight excluding hydrogens is 240 g/mol. The molecule has 0 aliphatic heterocycles. The van der Waals surface area contributed by atoms with Gasteiger partial charge < -0.3 is 15.4 Å². The van der Waals surface area contributed by atoms with Crippen LogP contribution in [0.4, 0.5) is 11.6 Å². The second kappa shape index (κ2) is 7.94. The fourth-order valence-corrected chi connectivity index (χ4v) is 1.51. The maximum atomic E-state index is 5.53. The van der Waals surface area contributed by atoms with Gasteiger partial charge in [-0.05, 0) is 5.92 Å². The molecule has 2 N–H and O–H groups in total. The Morgan fingerprint density at radius 3 is 2.42 bits per heavy atom. The number of anilines is 2. The maximum Gasteiger partial charge on any atom is 0.135 e. The SMILES string of the molecule is CNc1cc(NCCOCC(C)C)nc(C(C)C)n1. The van der Waals surface area contributed by atoms with Crippen LogP contribution in [-0.4, -0.2) is 36.8 Å². The van der Waals surface area contributed by atoms with Crippen LogP contribution in [0.15, 0.2) is 6.07 Å². The van der Waals surface area contributed by atoms with E-state index in [1.165, 1.54) is 0 Å². The van der Waals surface area contributed by atoms with Gasteiger partial charge in [0.15, 0.2) is 0 Å². The molecule has 0 aliphatic rings. The highest BCUT2D eigenvalue weighted by Crippen LogP contribution is 2.16. The molecule has 1 aromatic rings. The van der Waals surface area contributed by atoms with Gasteiger partial charge >= 0.3 is 0 Å². The quantitative estimate of drug-likeness (QED) is 0.708. The number of aromatic nitrogens is 2. The van der Waals surface area contributed by atoms with Crippen molar-refractivity contribution in [2.45, 2.75) is 33.6 Å². The van der Waals surface area contributed by atoms with E-state index in [-0.39, 0.29) is 0 Å². The molecule has 1 heterocycles. The van der Waals surface area contributed by atoms with Gasteiger partial charge in [0.2, 0.25) is 0 Å². The van der Waals surface area contributed by atoms with Crippen molar-refractivity contribution < 1.29 is 4.74 Å². The number of nitrogens with zero attached hydrogens (tertiary/aromatic N) is 2. The summed E-state index contributed by atoms with van der Waals surface area (Å²) in [5.41, 5.74) is 0. The van der Waals surface area contributed by atoms with Gasteiger partial charge in [0.1, 0.15) is 17.5 Å². The Labute approximate surface area is 116 Å². The normalized spacial score (nSPS) is 11.1. The Kier molecular flexibility index (Phi) is 6.56. The molecular formula is C14H26N4O. The average Bonchev–Trinajstić information content (AvgIpc) is 2.37. The lowest BCUT2D eigenvalue weighted by Gasteiger charge is -2.12. The molecule has 1 rings (SSSR count). The second-order valence-electron chi connectivity index (χ2n) is 5.30. The minimum Gasteiger partial charge on any atom is -0.379 e. The molecule has 19 heavy (non-hydrogen) atoms. The van der Waals surface area contributed by atoms with Crippen molar-refractivity contribution in [2.24, 2.45) is 5.92 Å². The van der Waals surface area contributed by atoms with Crippen molar-refractivity contribution in [1.82, 2.24) is 9.97 Å². The minimum absolute atomic E-state index is 0.311. The fourth-order valence-electron chi connectivity index (χ4n) is 1.51. The summed E-state index contributed by atoms with van der Waals surface area (Å²) in [6.07, 6.45) is 0. The van der Waals surface area contributed by atoms with Gasteiger partial charge in [-0.2, -0.15) is 0 Å². The van der Waals surface area contributed by atoms with Crippen molar-refractivity contribution in [2.75, 3.05) is 37.4 Å². The first kappa shape index (κ1) is 15.7. The highest BCUT2D eigenvalue weighted by molar-refractivity contribution is 5.47. The van der Waals surface area contributed by atoms with Crippen LogP contribution in [0, 0.1) is 5.92 Å². The van der Waals surface area contributed by atoms with E-state index in [4.69, 9.17) is 4.74 Å². The van der Waals surface area contributed by atoms with Crippen molar-refractivity contribution in [3.8, 4) is 0 Å². The van der Waals surface area contributed by atoms with Gasteiger partial charge in [-0.15, -0.1) is 0 Å². The van der Waals surface area contributed by atoms with Gasteiger partial charge in [0.25, 0.3) is 0 Å². The molecule has 5 heteroatoms. The molecule has 0 saturated carbocycles. The summed E-state index contributed by atoms with van der Waals surface area (Å²) in [6.45, 7) is 10.7. The van der Waals surface area contributed by atoms with Crippen LogP contribution in [-0.2, 0) is 4.74 Å². The summed E-state index contributed by atoms with van der Waals surface area (Å²) >= 11 is 0. The highest BCUT2D eigenvalue weighted by Gasteiger charge is 2.07. The molecule has 5 nitrogen and oxygen atoms in total. The van der Waals surface area contributed by atoms with Crippen LogP contribution in [0.25, 0.3) is 0 Å². The van der Waals surface area contributed by atoms with Crippen molar-refractivity contribution in [3.05, 3.63) is 11.9 Å². The van der Waals surface area contributed by atoms with Gasteiger partial charge in [0, 0.05) is 32.2 Å². The average molecular weight is 266 g/mol. The fraction of sp³-hybridized carbons (Fsp3) is 0.714. The molecule has 0 saturated heterocycles. The number of ether oxygens (including phenoxy) is 1. The Morgan fingerprint density at radius 1 is 1.16 bits per heavy atom. The first-order valence-electron chi connectivity index (χ1n) is 6.91. The Hall–Kier alpha value is -1.36. The van der Waals surface area contributed by atoms with E-state index in [0.717, 1.165) is 30.6 Å². The molecule has 0 aromatic carbocycles. The summed E-state index contributed by atoms with van der Waals surface area (Å²) in [5.74, 6) is 3.41. The third-order valence-corrected chi connectivity index (χ3v) is 2.52. The van der Waals surface area contributed by atoms with E-state index in [1.54, 1.807) is 0 Å². The predicted molar refractivity (Wildman–Crippen MR) is 79.8 cm³/mol. The molecule has 0 bridgehead atoms. The van der Waals surface area contributed by atoms with Crippen LogP contribution in [0.1, 0.15) is 39.4 Å². The van der Waals surface area contributed by atoms with Crippen molar-refractivity contribution in [1.29, 1.82) is 0 Å². The molecule has 0 atom stereocenters. The summed E-state index contributed by atoms with van der Waals surface area (Å²) in [4.78, 5) is 8.92. The summed E-state index contributed by atoms with van der Waals surface area (Å²) in [6, 6.07) is 1.91. The first-order chi connectivity index (χ1) is 9.02. The third kappa shape index (κ3) is 5.87. The van der Waals surface area contributed by atoms with Gasteiger partial charge in [-0.1, -0.05) is 27.7 Å². The lowest BCUT2D eigenvalue weighted by atomic mass is 10.2. The Balaban J connectivity index is 2.50. The number of hydrogen-bond acceptors (Lipinski definition) is 5. The number of rotatable bonds is 8. The van der Waals surface area contributed by atoms with E-state index in [2.05, 4.69) is 48.3 Å². The van der Waals surface area contributed by atoms with Crippen molar-refractivity contribution in [3.63, 3.8) is 0 Å². The molecule has 0 aliphatic carbocycles. The van der Waals surface area contributed by atoms with E-state index in [9.17, 15) is 0 Å². The standard InChI is InChI=1S/C14H26N4O/c1-10(2)9-19-7-6-16-13-8-12(15-5)17-14(18-13)11(3)4/h8,10-11H,6-7,9H2,1-5H3,(H2,15,16,17,18). The molecule has 108 valence electrons. The smallest absolute Gasteiger partial charge is 0.135 e. The number of nitrogens with one attached hydrogen (secondary N) is 2. The highest BCUT2D eigenvalue weighted by atomic mass is 16.5. The minimum atomic E-state index is 0.311. The van der Waals surface area contributed by atoms with Crippen LogP contribution in [0.5, 0.6) is 0 Å². The van der Waals surface area contributed by atoms with Gasteiger partial charge in [0.05, 0.1) is 6.61 Å². The number of hydrogen-bond donors (Lipinski definition) is 2. The van der Waals surface area contributed by atoms with E-state index >= 15 is 0 Å². The van der Waals surface area contributed by atoms with Gasteiger partial charge in [-0.25, -0.2) is 9.97 Å². The van der Waals surface area contributed by atoms with Crippen molar-refractivity contribution >= 4 is 11.6 Å². The maximum absolute atomic E-state index is 5.53. The molecule has 0 unspecified atom stereocenters. The van der Waals surface area contributed by atoms with E-state index < -0.39 is 0 Å². The molecule has 0 fully saturated rings. The topological polar surface area (TPSA) is 59.1 Å². The zero-order chi connectivity index (χ0) is 14.3. The molecule has 0 amide bonds. The summed E-state index contributed by atoms with van der Waals surface area (Å²) in [7, 11) is 1.86. The zero-order valence-corrected chi connectivity index (χ0v) is 12.7. The largest absolute Gasteiger partial charge is 0.379 e. The predicted octanol–water partition coefficient (Wildman–Crippen LogP) is 2.73. The van der Waals surface area contributed by atoms with E-state index in [0.29, 0.717) is 18.4 Å². The third-order valence-electron chi connectivity index (χ3n) is 2.52. The summed E-state index contributed by atoms with van der Waals surface area (Å²) in [5, 5.41) is 6.33. The van der Waals surface area contributed by atoms with Crippen LogP contribution in [0.3, 0.4) is 0 Å². The Morgan fingerprint density at radius 2 is 1.84 bits per heavy atom. The molecule has 1 aromatic heterocycles. The molecule has 0 spiro atoms. The lowest BCUT2D eigenvalue weighted by molar-refractivity contribution is 0.118. The van der Waals surface area contributed by atoms with Crippen LogP contribution in [0.2, 0.25) is 0 Å². The van der Waals surface area contributed by atoms with Crippen LogP contribution >= 0.6 is 0 Å².